The highest BCUT2D eigenvalue weighted by atomic mass is 35.7. The Labute approximate surface area is 257 Å². The van der Waals surface area contributed by atoms with Crippen LogP contribution in [0.2, 0.25) is 0 Å². The molecule has 0 atom stereocenters. The Morgan fingerprint density at radius 3 is 1.80 bits per heavy atom. The van der Waals surface area contributed by atoms with E-state index in [0.717, 1.165) is 28.1 Å². The number of hydrogen-bond donors (Lipinski definition) is 3. The van der Waals surface area contributed by atoms with Crippen LogP contribution in [0, 0.1) is 10.2 Å². The largest absolute Gasteiger partial charge is 0.369 e. The molecule has 3 aromatic carbocycles. The quantitative estimate of drug-likeness (QED) is 0.133. The van der Waals surface area contributed by atoms with E-state index in [1.807, 2.05) is 53.1 Å². The molecule has 1 amide bonds. The van der Waals surface area contributed by atoms with Gasteiger partial charge in [-0.1, -0.05) is 69.3 Å². The van der Waals surface area contributed by atoms with Gasteiger partial charge in [-0.05, 0) is 47.5 Å². The number of benzene rings is 3. The Bertz CT molecular complexity index is 1710. The summed E-state index contributed by atoms with van der Waals surface area (Å²) in [6.07, 6.45) is 0. The van der Waals surface area contributed by atoms with Crippen LogP contribution in [0.1, 0.15) is 26.5 Å². The minimum absolute atomic E-state index is 0.0555. The number of hydrogen-bond acceptors (Lipinski definition) is 7. The lowest BCUT2D eigenvalue weighted by Crippen LogP contribution is -2.68. The summed E-state index contributed by atoms with van der Waals surface area (Å²) in [4.78, 5) is 13.2. The number of sulfonamides is 1. The minimum Gasteiger partial charge on any atom is -0.369 e. The molecular formula is C30H32ClN5O7S. The van der Waals surface area contributed by atoms with Crippen molar-refractivity contribution >= 4 is 27.6 Å². The van der Waals surface area contributed by atoms with Gasteiger partial charge in [-0.3, -0.25) is 4.79 Å². The van der Waals surface area contributed by atoms with Crippen LogP contribution in [-0.2, 0) is 26.8 Å². The Kier molecular flexibility index (Phi) is 10.8. The number of carbonyl (C=O) groups is 1. The van der Waals surface area contributed by atoms with E-state index in [-0.39, 0.29) is 22.8 Å². The molecular weight excluding hydrogens is 610 g/mol. The number of carbonyl (C=O) groups excluding carboxylic acids is 1. The molecule has 12 nitrogen and oxygen atoms in total. The zero-order valence-electron chi connectivity index (χ0n) is 24.1. The Morgan fingerprint density at radius 2 is 1.32 bits per heavy atom. The van der Waals surface area contributed by atoms with Crippen LogP contribution < -0.4 is 40.0 Å². The summed E-state index contributed by atoms with van der Waals surface area (Å²) in [5.74, 6) is -0.804. The molecule has 0 unspecified atom stereocenters. The second-order valence-corrected chi connectivity index (χ2v) is 12.9. The van der Waals surface area contributed by atoms with Crippen LogP contribution in [0.15, 0.2) is 106 Å². The zero-order chi connectivity index (χ0) is 32.7. The molecule has 0 saturated carbocycles. The molecule has 0 aliphatic rings. The van der Waals surface area contributed by atoms with Crippen LogP contribution in [0.5, 0.6) is 0 Å². The van der Waals surface area contributed by atoms with Gasteiger partial charge in [-0.25, -0.2) is 18.6 Å². The van der Waals surface area contributed by atoms with E-state index in [1.54, 1.807) is 0 Å². The van der Waals surface area contributed by atoms with Gasteiger partial charge < -0.3 is 16.8 Å². The molecule has 0 saturated heterocycles. The van der Waals surface area contributed by atoms with Gasteiger partial charge in [0.05, 0.1) is 4.90 Å². The molecule has 14 heteroatoms. The van der Waals surface area contributed by atoms with Crippen molar-refractivity contribution in [2.75, 3.05) is 5.32 Å². The van der Waals surface area contributed by atoms with Gasteiger partial charge in [0.1, 0.15) is 0 Å². The Morgan fingerprint density at radius 1 is 0.818 bits per heavy atom. The van der Waals surface area contributed by atoms with Crippen molar-refractivity contribution in [3.8, 4) is 22.4 Å². The number of nitrogens with one attached hydrogen (secondary N) is 1. The zero-order valence-corrected chi connectivity index (χ0v) is 25.7. The van der Waals surface area contributed by atoms with E-state index in [4.69, 9.17) is 30.1 Å². The van der Waals surface area contributed by atoms with E-state index < -0.39 is 26.2 Å². The third kappa shape index (κ3) is 10.1. The standard InChI is InChI=1S/C30H31N5O3S.ClHO4/c1-30(2,3)27-19-23(21-10-6-4-7-11-21)18-26(22-12-8-5-9-13-22)35(27)20-28(36)33-24-14-16-25(17-15-24)39(37,38)34-29(31)32;2-1(3,4)5/h4-19H,20H2,1-3H3,(H4-,31,32,33,34,36);(H,2,3,4,5). The monoisotopic (exact) mass is 641 g/mol. The number of halogens is 1. The molecule has 5 N–H and O–H groups in total. The molecule has 4 aromatic rings. The Hall–Kier alpha value is -4.37. The summed E-state index contributed by atoms with van der Waals surface area (Å²) in [7, 11) is -8.96. The van der Waals surface area contributed by atoms with Crippen molar-refractivity contribution in [1.82, 2.24) is 0 Å². The van der Waals surface area contributed by atoms with Gasteiger partial charge in [-0.2, -0.15) is 13.0 Å². The number of rotatable bonds is 7. The van der Waals surface area contributed by atoms with Crippen molar-refractivity contribution in [1.29, 1.82) is 0 Å². The normalized spacial score (nSPS) is 11.6. The molecule has 1 heterocycles. The van der Waals surface area contributed by atoms with Gasteiger partial charge in [0.25, 0.3) is 15.9 Å². The lowest BCUT2D eigenvalue weighted by atomic mass is 9.88. The van der Waals surface area contributed by atoms with Crippen molar-refractivity contribution < 1.29 is 46.7 Å². The van der Waals surface area contributed by atoms with Gasteiger partial charge in [-0.15, -0.1) is 14.6 Å². The number of nitrogens with zero attached hydrogens (tertiary/aromatic N) is 2. The highest BCUT2D eigenvalue weighted by molar-refractivity contribution is 7.90. The number of nitrogens with two attached hydrogens (primary N) is 2. The number of anilines is 1. The summed E-state index contributed by atoms with van der Waals surface area (Å²) in [5, 5.41) is 2.87. The maximum Gasteiger partial charge on any atom is 0.290 e. The highest BCUT2D eigenvalue weighted by Gasteiger charge is 2.31. The van der Waals surface area contributed by atoms with Gasteiger partial charge >= 0.3 is 0 Å². The number of guanidine groups is 1. The van der Waals surface area contributed by atoms with E-state index in [1.165, 1.54) is 24.3 Å². The molecule has 0 spiro atoms. The summed E-state index contributed by atoms with van der Waals surface area (Å²) < 4.78 is 63.7. The molecule has 232 valence electrons. The molecule has 1 aromatic heterocycles. The van der Waals surface area contributed by atoms with Gasteiger partial charge in [0, 0.05) is 28.8 Å². The van der Waals surface area contributed by atoms with Crippen LogP contribution in [0.3, 0.4) is 0 Å². The fourth-order valence-corrected chi connectivity index (χ4v) is 5.17. The van der Waals surface area contributed by atoms with E-state index in [0.29, 0.717) is 5.69 Å². The van der Waals surface area contributed by atoms with Gasteiger partial charge in [0.15, 0.2) is 5.69 Å². The SMILES string of the molecule is CC(C)(C)c1cc(-c2ccccc2)cc(-c2ccccc2)[n+]1CC(=O)Nc1ccc(S(=O)(=O)N=C(N)N)cc1.[O-][Cl+3]([O-])([O-])[O-]. The molecule has 0 radical (unpaired) electrons. The average Bonchev–Trinajstić information content (AvgIpc) is 2.92. The molecule has 0 bridgehead atoms. The molecule has 0 fully saturated rings. The first kappa shape index (κ1) is 34.1. The highest BCUT2D eigenvalue weighted by Crippen LogP contribution is 2.30. The van der Waals surface area contributed by atoms with Crippen LogP contribution in [0.4, 0.5) is 5.69 Å². The first-order chi connectivity index (χ1) is 20.4. The number of amides is 1. The van der Waals surface area contributed by atoms with Crippen molar-refractivity contribution in [2.45, 2.75) is 37.6 Å². The second kappa shape index (κ2) is 13.9. The second-order valence-electron chi connectivity index (χ2n) is 10.5. The number of pyridine rings is 1. The predicted octanol–water partition coefficient (Wildman–Crippen LogP) is -0.550. The summed E-state index contributed by atoms with van der Waals surface area (Å²) in [6, 6.07) is 30.1. The van der Waals surface area contributed by atoms with Crippen molar-refractivity contribution in [3.05, 3.63) is 103 Å². The van der Waals surface area contributed by atoms with E-state index >= 15 is 0 Å². The first-order valence-electron chi connectivity index (χ1n) is 13.0. The fourth-order valence-electron chi connectivity index (χ4n) is 4.30. The van der Waals surface area contributed by atoms with Crippen molar-refractivity contribution in [2.24, 2.45) is 15.9 Å². The lowest BCUT2D eigenvalue weighted by Gasteiger charge is -2.20. The lowest BCUT2D eigenvalue weighted by molar-refractivity contribution is -2.00. The molecule has 44 heavy (non-hydrogen) atoms. The molecule has 0 aliphatic heterocycles. The topological polar surface area (TPSA) is 224 Å². The van der Waals surface area contributed by atoms with Crippen LogP contribution in [0.25, 0.3) is 22.4 Å². The predicted molar refractivity (Wildman–Crippen MR) is 154 cm³/mol. The van der Waals surface area contributed by atoms with Crippen molar-refractivity contribution in [3.63, 3.8) is 0 Å². The summed E-state index contributed by atoms with van der Waals surface area (Å²) >= 11 is 0. The van der Waals surface area contributed by atoms with E-state index in [2.05, 4.69) is 54.8 Å². The van der Waals surface area contributed by atoms with Gasteiger partial charge in [0.2, 0.25) is 18.2 Å². The summed E-state index contributed by atoms with van der Waals surface area (Å²) in [5.41, 5.74) is 15.7. The van der Waals surface area contributed by atoms with Crippen LogP contribution >= 0.6 is 0 Å². The third-order valence-corrected chi connectivity index (χ3v) is 7.39. The summed E-state index contributed by atoms with van der Waals surface area (Å²) in [6.45, 7) is 6.42. The molecule has 4 rings (SSSR count). The van der Waals surface area contributed by atoms with Crippen LogP contribution in [-0.4, -0.2) is 20.3 Å². The average molecular weight is 642 g/mol. The minimum atomic E-state index is -4.94. The number of aromatic nitrogens is 1. The first-order valence-corrected chi connectivity index (χ1v) is 15.7. The fraction of sp³-hybridized carbons (Fsp3) is 0.167. The maximum absolute atomic E-state index is 13.3. The Balaban J connectivity index is 0.000000978. The third-order valence-electron chi connectivity index (χ3n) is 6.07. The maximum atomic E-state index is 13.3. The molecule has 0 aliphatic carbocycles. The van der Waals surface area contributed by atoms with E-state index in [9.17, 15) is 13.2 Å². The smallest absolute Gasteiger partial charge is 0.290 e.